The van der Waals surface area contributed by atoms with Crippen molar-refractivity contribution in [2.45, 2.75) is 32.4 Å². The number of aryl methyl sites for hydroxylation is 1. The van der Waals surface area contributed by atoms with Crippen molar-refractivity contribution < 1.29 is 0 Å². The fourth-order valence-electron chi connectivity index (χ4n) is 3.47. The molecule has 144 valence electrons. The summed E-state index contributed by atoms with van der Waals surface area (Å²) < 4.78 is 0. The summed E-state index contributed by atoms with van der Waals surface area (Å²) in [5.74, 6) is 1.45. The molecule has 0 spiro atoms. The van der Waals surface area contributed by atoms with Crippen LogP contribution in [0.1, 0.15) is 33.6 Å². The summed E-state index contributed by atoms with van der Waals surface area (Å²) in [6.45, 7) is 4.91. The van der Waals surface area contributed by atoms with Crippen molar-refractivity contribution in [3.8, 4) is 0 Å². The molecule has 1 aliphatic rings. The highest BCUT2D eigenvalue weighted by Crippen LogP contribution is 2.36. The number of rotatable bonds is 5. The van der Waals surface area contributed by atoms with Crippen LogP contribution in [0.2, 0.25) is 0 Å². The van der Waals surface area contributed by atoms with E-state index in [1.165, 1.54) is 29.1 Å². The van der Waals surface area contributed by atoms with Gasteiger partial charge in [0.25, 0.3) is 0 Å². The van der Waals surface area contributed by atoms with Crippen LogP contribution in [0.3, 0.4) is 0 Å². The van der Waals surface area contributed by atoms with Crippen LogP contribution in [-0.4, -0.2) is 43.0 Å². The van der Waals surface area contributed by atoms with E-state index in [9.17, 15) is 0 Å². The Morgan fingerprint density at radius 1 is 1.42 bits per heavy atom. The molecule has 0 radical (unpaired) electrons. The van der Waals surface area contributed by atoms with Gasteiger partial charge in [-0.3, -0.25) is 9.89 Å². The molecule has 0 aromatic carbocycles. The van der Waals surface area contributed by atoms with Crippen molar-refractivity contribution in [1.29, 1.82) is 0 Å². The molecule has 1 saturated heterocycles. The lowest BCUT2D eigenvalue weighted by Crippen LogP contribution is -2.44. The monoisotopic (exact) mass is 505 g/mol. The molecule has 2 unspecified atom stereocenters. The van der Waals surface area contributed by atoms with Gasteiger partial charge in [-0.05, 0) is 50.7 Å². The number of thiazole rings is 1. The van der Waals surface area contributed by atoms with Crippen LogP contribution in [0.5, 0.6) is 0 Å². The molecule has 0 aliphatic carbocycles. The van der Waals surface area contributed by atoms with E-state index in [2.05, 4.69) is 57.0 Å². The molecule has 3 rings (SSSR count). The highest BCUT2D eigenvalue weighted by molar-refractivity contribution is 14.0. The summed E-state index contributed by atoms with van der Waals surface area (Å²) >= 11 is 3.59. The topological polar surface area (TPSA) is 52.6 Å². The van der Waals surface area contributed by atoms with Crippen molar-refractivity contribution in [2.24, 2.45) is 10.9 Å². The summed E-state index contributed by atoms with van der Waals surface area (Å²) in [6.07, 6.45) is 4.43. The van der Waals surface area contributed by atoms with E-state index >= 15 is 0 Å². The molecule has 5 nitrogen and oxygen atoms in total. The number of nitrogens with zero attached hydrogens (tertiary/aromatic N) is 3. The Morgan fingerprint density at radius 2 is 2.27 bits per heavy atom. The van der Waals surface area contributed by atoms with Gasteiger partial charge in [0.15, 0.2) is 5.96 Å². The Morgan fingerprint density at radius 3 is 2.92 bits per heavy atom. The van der Waals surface area contributed by atoms with Gasteiger partial charge >= 0.3 is 0 Å². The molecule has 2 aromatic heterocycles. The second kappa shape index (κ2) is 10.6. The van der Waals surface area contributed by atoms with E-state index in [0.717, 1.165) is 24.1 Å². The zero-order valence-electron chi connectivity index (χ0n) is 15.6. The van der Waals surface area contributed by atoms with Gasteiger partial charge in [0.2, 0.25) is 0 Å². The highest BCUT2D eigenvalue weighted by Gasteiger charge is 2.31. The Kier molecular flexibility index (Phi) is 8.78. The lowest BCUT2D eigenvalue weighted by atomic mass is 9.88. The van der Waals surface area contributed by atoms with Crippen molar-refractivity contribution in [2.75, 3.05) is 27.2 Å². The fourth-order valence-corrected chi connectivity index (χ4v) is 5.18. The number of aromatic nitrogens is 1. The summed E-state index contributed by atoms with van der Waals surface area (Å²) in [6, 6.07) is 4.92. The molecule has 3 heterocycles. The summed E-state index contributed by atoms with van der Waals surface area (Å²) in [5.41, 5.74) is 0. The second-order valence-corrected chi connectivity index (χ2v) is 8.81. The van der Waals surface area contributed by atoms with E-state index in [1.54, 1.807) is 11.3 Å². The largest absolute Gasteiger partial charge is 0.356 e. The molecule has 2 aromatic rings. The molecule has 0 bridgehead atoms. The van der Waals surface area contributed by atoms with Gasteiger partial charge in [0.05, 0.1) is 6.54 Å². The third kappa shape index (κ3) is 5.64. The summed E-state index contributed by atoms with van der Waals surface area (Å²) in [4.78, 5) is 14.0. The number of hydrogen-bond donors (Lipinski definition) is 2. The number of hydrogen-bond acceptors (Lipinski definition) is 5. The first-order valence-electron chi connectivity index (χ1n) is 8.77. The predicted octanol–water partition coefficient (Wildman–Crippen LogP) is 3.88. The molecule has 1 fully saturated rings. The average molecular weight is 505 g/mol. The molecule has 0 amide bonds. The number of aliphatic imine (C=N–C) groups is 1. The number of piperidine rings is 1. The SMILES string of the molecule is CN=C(NCc1ncc(C)s1)NCC1CCCN(C)C1c1cccs1.I. The lowest BCUT2D eigenvalue weighted by molar-refractivity contribution is 0.125. The zero-order valence-corrected chi connectivity index (χ0v) is 19.5. The van der Waals surface area contributed by atoms with Crippen molar-refractivity contribution in [3.05, 3.63) is 38.5 Å². The van der Waals surface area contributed by atoms with Gasteiger partial charge in [0, 0.05) is 35.6 Å². The lowest BCUT2D eigenvalue weighted by Gasteiger charge is -2.39. The van der Waals surface area contributed by atoms with E-state index in [-0.39, 0.29) is 24.0 Å². The minimum Gasteiger partial charge on any atom is -0.356 e. The van der Waals surface area contributed by atoms with Gasteiger partial charge in [-0.25, -0.2) is 4.98 Å². The highest BCUT2D eigenvalue weighted by atomic mass is 127. The van der Waals surface area contributed by atoms with Gasteiger partial charge in [0.1, 0.15) is 5.01 Å². The van der Waals surface area contributed by atoms with E-state index < -0.39 is 0 Å². The van der Waals surface area contributed by atoms with E-state index in [0.29, 0.717) is 12.0 Å². The molecule has 2 atom stereocenters. The Bertz CT molecular complexity index is 686. The van der Waals surface area contributed by atoms with Crippen molar-refractivity contribution in [3.63, 3.8) is 0 Å². The standard InChI is InChI=1S/C18H27N5S2.HI/c1-13-10-20-16(25-13)12-22-18(19-2)21-11-14-6-4-8-23(3)17(14)15-7-5-9-24-15;/h5,7,9-10,14,17H,4,6,8,11-12H2,1-3H3,(H2,19,21,22);1H. The van der Waals surface area contributed by atoms with E-state index in [1.807, 2.05) is 24.6 Å². The van der Waals surface area contributed by atoms with Gasteiger partial charge in [-0.2, -0.15) is 0 Å². The Labute approximate surface area is 181 Å². The molecule has 26 heavy (non-hydrogen) atoms. The quantitative estimate of drug-likeness (QED) is 0.368. The maximum atomic E-state index is 4.40. The van der Waals surface area contributed by atoms with Gasteiger partial charge in [-0.15, -0.1) is 46.7 Å². The van der Waals surface area contributed by atoms with Gasteiger partial charge < -0.3 is 10.6 Å². The molecular formula is C18H28IN5S2. The second-order valence-electron chi connectivity index (χ2n) is 6.51. The third-order valence-corrected chi connectivity index (χ3v) is 6.53. The minimum absolute atomic E-state index is 0. The first-order chi connectivity index (χ1) is 12.2. The smallest absolute Gasteiger partial charge is 0.191 e. The maximum absolute atomic E-state index is 4.40. The van der Waals surface area contributed by atoms with Gasteiger partial charge in [-0.1, -0.05) is 6.07 Å². The van der Waals surface area contributed by atoms with Crippen LogP contribution >= 0.6 is 46.7 Å². The number of guanidine groups is 1. The summed E-state index contributed by atoms with van der Waals surface area (Å²) in [5, 5.41) is 10.2. The van der Waals surface area contributed by atoms with E-state index in [4.69, 9.17) is 0 Å². The molecule has 8 heteroatoms. The number of likely N-dealkylation sites (tertiary alicyclic amines) is 1. The van der Waals surface area contributed by atoms with Crippen LogP contribution in [0.25, 0.3) is 0 Å². The van der Waals surface area contributed by atoms with Crippen LogP contribution in [0.15, 0.2) is 28.7 Å². The van der Waals surface area contributed by atoms with Crippen LogP contribution < -0.4 is 10.6 Å². The van der Waals surface area contributed by atoms with Crippen LogP contribution in [-0.2, 0) is 6.54 Å². The minimum atomic E-state index is 0. The Balaban J connectivity index is 0.00000243. The molecule has 0 saturated carbocycles. The number of halogens is 1. The first kappa shape index (κ1) is 21.6. The van der Waals surface area contributed by atoms with Crippen molar-refractivity contribution >= 4 is 52.6 Å². The van der Waals surface area contributed by atoms with Crippen molar-refractivity contribution in [1.82, 2.24) is 20.5 Å². The fraction of sp³-hybridized carbons (Fsp3) is 0.556. The molecule has 2 N–H and O–H groups in total. The third-order valence-electron chi connectivity index (χ3n) is 4.67. The number of thiophene rings is 1. The first-order valence-corrected chi connectivity index (χ1v) is 10.5. The molecular weight excluding hydrogens is 477 g/mol. The Hall–Kier alpha value is -0.710. The maximum Gasteiger partial charge on any atom is 0.191 e. The average Bonchev–Trinajstić information content (AvgIpc) is 3.27. The normalized spacial score (nSPS) is 21.3. The summed E-state index contributed by atoms with van der Waals surface area (Å²) in [7, 11) is 4.07. The predicted molar refractivity (Wildman–Crippen MR) is 123 cm³/mol. The van der Waals surface area contributed by atoms with Crippen LogP contribution in [0.4, 0.5) is 0 Å². The molecule has 1 aliphatic heterocycles. The van der Waals surface area contributed by atoms with Crippen LogP contribution in [0, 0.1) is 12.8 Å². The number of nitrogens with one attached hydrogen (secondary N) is 2. The zero-order chi connectivity index (χ0) is 17.6.